The van der Waals surface area contributed by atoms with E-state index in [2.05, 4.69) is 15.0 Å². The molecule has 296 valence electrons. The SMILES string of the molecule is [2H]c1cc([2H])c2c(c1[2H])c1c([2H])c([2H])c([2H])c([2H])c1n2-c1nc(-c2c([2H])c([2H])c([2H])c([Si](c3c([2H])c([2H])c([2H])c([2H])c3[2H])(c3c([2H])c([2H])c([2H])c([2H])c3[2H])c3c([2H])c([2H])c([2H])c(-c4c([2H])c([2H])c([2H])c([2H])c4[2H])c3[2H])c2[2H])nc(-n2c3c([2H])c([2H])c([2H])c([2H])c3c3c([2H])c([2H])c([2H])c([2H])c32)n1. The fraction of sp³-hybridized carbons (Fsp3) is 0. The summed E-state index contributed by atoms with van der Waals surface area (Å²) in [5.41, 5.74) is -6.46. The Balaban J connectivity index is 1.42. The van der Waals surface area contributed by atoms with Gasteiger partial charge in [0.2, 0.25) is 11.9 Å². The minimum absolute atomic E-state index is 0.550. The zero-order valence-electron chi connectivity index (χ0n) is 69.3. The molecule has 12 rings (SSSR count). The molecule has 12 aromatic rings. The van der Waals surface area contributed by atoms with Gasteiger partial charge in [0.25, 0.3) is 0 Å². The van der Waals surface area contributed by atoms with E-state index in [1.807, 2.05) is 0 Å². The van der Waals surface area contributed by atoms with E-state index in [4.69, 9.17) is 19.2 Å². The van der Waals surface area contributed by atoms with Crippen LogP contribution in [0.3, 0.4) is 0 Å². The highest BCUT2D eigenvalue weighted by Crippen LogP contribution is 2.34. The average molecular weight is 860 g/mol. The maximum Gasteiger partial charge on any atom is 0.240 e. The Morgan fingerprint density at radius 1 is 0.317 bits per heavy atom. The van der Waals surface area contributed by atoms with E-state index in [0.717, 1.165) is 6.07 Å². The van der Waals surface area contributed by atoms with Crippen molar-refractivity contribution in [2.75, 3.05) is 0 Å². The van der Waals surface area contributed by atoms with Gasteiger partial charge >= 0.3 is 0 Å². The molecule has 0 aliphatic heterocycles. The van der Waals surface area contributed by atoms with Gasteiger partial charge in [-0.3, -0.25) is 9.13 Å². The smallest absolute Gasteiger partial charge is 0.240 e. The van der Waals surface area contributed by atoms with Crippen molar-refractivity contribution in [3.8, 4) is 34.4 Å². The Morgan fingerprint density at radius 3 is 1.22 bits per heavy atom. The van der Waals surface area contributed by atoms with Crippen LogP contribution in [-0.4, -0.2) is 32.2 Å². The summed E-state index contributed by atoms with van der Waals surface area (Å²) in [6, 6.07) is -44.1. The number of rotatable bonds is 8. The molecule has 0 aliphatic rings. The first-order valence-electron chi connectivity index (χ1n) is 37.3. The number of para-hydroxylation sites is 4. The van der Waals surface area contributed by atoms with E-state index in [0.29, 0.717) is 9.13 Å². The zero-order chi connectivity index (χ0) is 74.8. The maximum atomic E-state index is 10.8. The first kappa shape index (κ1) is 14.7. The quantitative estimate of drug-likeness (QED) is 0.113. The second kappa shape index (κ2) is 15.1. The van der Waals surface area contributed by atoms with E-state index in [1.165, 1.54) is 0 Å². The fourth-order valence-corrected chi connectivity index (χ4v) is 10.9. The van der Waals surface area contributed by atoms with Crippen molar-refractivity contribution >= 4 is 72.4 Å². The molecule has 0 saturated carbocycles. The van der Waals surface area contributed by atoms with Gasteiger partial charge in [-0.2, -0.15) is 15.0 Å². The lowest BCUT2D eigenvalue weighted by Crippen LogP contribution is -2.74. The van der Waals surface area contributed by atoms with Crippen molar-refractivity contribution in [2.45, 2.75) is 0 Å². The van der Waals surface area contributed by atoms with Gasteiger partial charge in [0, 0.05) is 27.1 Å². The first-order valence-corrected chi connectivity index (χ1v) is 20.3. The molecule has 3 aromatic heterocycles. The molecule has 9 aromatic carbocycles. The number of nitrogens with zero attached hydrogens (tertiary/aromatic N) is 5. The molecular formula is C57H39N5Si. The number of hydrogen-bond donors (Lipinski definition) is 0. The van der Waals surface area contributed by atoms with Gasteiger partial charge in [0.05, 0.1) is 74.2 Å². The van der Waals surface area contributed by atoms with Crippen LogP contribution in [0.1, 0.15) is 52.1 Å². The van der Waals surface area contributed by atoms with Crippen LogP contribution >= 0.6 is 0 Å². The summed E-state index contributed by atoms with van der Waals surface area (Å²) in [5, 5.41) is -7.94. The Morgan fingerprint density at radius 2 is 0.698 bits per heavy atom. The molecule has 0 aliphatic carbocycles. The van der Waals surface area contributed by atoms with Crippen LogP contribution in [0, 0.1) is 0 Å². The average Bonchev–Trinajstić information content (AvgIpc) is 1.49. The zero-order valence-corrected chi connectivity index (χ0v) is 32.3. The molecular weight excluding hydrogens is 783 g/mol. The van der Waals surface area contributed by atoms with Crippen molar-refractivity contribution in [1.29, 1.82) is 0 Å². The molecule has 6 heteroatoms. The van der Waals surface area contributed by atoms with Crippen LogP contribution in [0.5, 0.6) is 0 Å². The van der Waals surface area contributed by atoms with Gasteiger partial charge in [-0.1, -0.05) is 212 Å². The van der Waals surface area contributed by atoms with Crippen LogP contribution in [0.4, 0.5) is 0 Å². The van der Waals surface area contributed by atoms with E-state index < -0.39 is 336 Å². The van der Waals surface area contributed by atoms with Crippen LogP contribution in [0.2, 0.25) is 0 Å². The van der Waals surface area contributed by atoms with Gasteiger partial charge in [0.15, 0.2) is 13.9 Å². The molecule has 63 heavy (non-hydrogen) atoms. The number of hydrogen-bond acceptors (Lipinski definition) is 3. The third-order valence-electron chi connectivity index (χ3n) is 9.85. The summed E-state index contributed by atoms with van der Waals surface area (Å²) < 4.78 is 354. The van der Waals surface area contributed by atoms with Crippen molar-refractivity contribution in [3.63, 3.8) is 0 Å². The Kier molecular flexibility index (Phi) is 3.52. The number of fused-ring (bicyclic) bond motifs is 6. The molecule has 3 heterocycles. The summed E-state index contributed by atoms with van der Waals surface area (Å²) in [6.07, 6.45) is 0. The van der Waals surface area contributed by atoms with Gasteiger partial charge in [-0.05, 0) is 56.0 Å². The molecule has 0 bridgehead atoms. The van der Waals surface area contributed by atoms with E-state index in [1.54, 1.807) is 0 Å². The molecule has 0 atom stereocenters. The molecule has 0 amide bonds. The minimum atomic E-state index is -6.92. The second-order valence-electron chi connectivity index (χ2n) is 13.1. The van der Waals surface area contributed by atoms with E-state index in [-0.39, 0.29) is 0 Å². The Labute approximate surface area is 419 Å². The topological polar surface area (TPSA) is 48.5 Å². The van der Waals surface area contributed by atoms with Gasteiger partial charge in [-0.15, -0.1) is 0 Å². The third kappa shape index (κ3) is 5.95. The second-order valence-corrected chi connectivity index (χ2v) is 16.6. The van der Waals surface area contributed by atoms with Gasteiger partial charge < -0.3 is 0 Å². The monoisotopic (exact) mass is 860 g/mol. The van der Waals surface area contributed by atoms with Gasteiger partial charge in [0.1, 0.15) is 0 Å². The van der Waals surface area contributed by atoms with Gasteiger partial charge in [-0.25, -0.2) is 0 Å². The van der Waals surface area contributed by atoms with Crippen molar-refractivity contribution in [3.05, 3.63) is 236 Å². The predicted octanol–water partition coefficient (Wildman–Crippen LogP) is 10.8. The largest absolute Gasteiger partial charge is 0.278 e. The lowest BCUT2D eigenvalue weighted by Gasteiger charge is -2.35. The van der Waals surface area contributed by atoms with Crippen molar-refractivity contribution in [1.82, 2.24) is 24.1 Å². The molecule has 0 fully saturated rings. The summed E-state index contributed by atoms with van der Waals surface area (Å²) >= 11 is 0. The lowest BCUT2D eigenvalue weighted by molar-refractivity contribution is 0.893. The summed E-state index contributed by atoms with van der Waals surface area (Å²) in [7, 11) is -6.92. The molecule has 5 nitrogen and oxygen atoms in total. The summed E-state index contributed by atoms with van der Waals surface area (Å²) in [6.45, 7) is 0. The number of aromatic nitrogens is 5. The lowest BCUT2D eigenvalue weighted by atomic mass is 10.1. The fourth-order valence-electron chi connectivity index (χ4n) is 7.25. The summed E-state index contributed by atoms with van der Waals surface area (Å²) in [4.78, 5) is 13.8. The molecule has 0 unspecified atom stereocenters. The molecule has 0 N–H and O–H groups in total. The highest BCUT2D eigenvalue weighted by molar-refractivity contribution is 7.20. The Bertz CT molecular complexity index is 5670. The Hall–Kier alpha value is -8.19. The normalized spacial score (nSPS) is 20.3. The van der Waals surface area contributed by atoms with Crippen molar-refractivity contribution < 1.29 is 52.1 Å². The highest BCUT2D eigenvalue weighted by atomic mass is 28.3. The van der Waals surface area contributed by atoms with Crippen LogP contribution in [0.25, 0.3) is 78.0 Å². The van der Waals surface area contributed by atoms with Crippen LogP contribution < -0.4 is 20.7 Å². The molecule has 0 saturated heterocycles. The summed E-state index contributed by atoms with van der Waals surface area (Å²) in [5.74, 6) is -3.49. The van der Waals surface area contributed by atoms with Crippen molar-refractivity contribution in [2.24, 2.45) is 0 Å². The predicted molar refractivity (Wildman–Crippen MR) is 263 cm³/mol. The first-order chi connectivity index (χ1) is 47.0. The van der Waals surface area contributed by atoms with Crippen LogP contribution in [-0.2, 0) is 0 Å². The molecule has 0 radical (unpaired) electrons. The maximum absolute atomic E-state index is 10.8. The standard InChI is InChI=1S/C57H39N5Si/c1-4-20-40(21-5-1)41-22-18-28-45(38-41)63(43-24-6-2-7-25-43,44-26-8-3-9-27-44)46-29-19-23-42(39-46)55-58-56(61-51-34-14-10-30-47(51)48-31-11-15-35-52(48)61)60-57(59-55)62-53-36-16-12-32-49(53)50-33-13-17-37-54(50)62/h1-39H/i1D,2D,3D,4D,5D,6D,7D,8D,9D,10D,11D,12D,13D,14D,15D,16D,18D,19D,20D,21D,22D,23D,24D,25D,26D,27D,28D,29D,30D,31D,32D,33D,34D,35D,36D,37D,38D,39D. The van der Waals surface area contributed by atoms with E-state index >= 15 is 0 Å². The van der Waals surface area contributed by atoms with Crippen LogP contribution in [0.15, 0.2) is 236 Å². The third-order valence-corrected chi connectivity index (χ3v) is 13.8. The number of benzene rings is 9. The molecule has 0 spiro atoms. The van der Waals surface area contributed by atoms with E-state index in [9.17, 15) is 32.9 Å². The minimum Gasteiger partial charge on any atom is -0.278 e. The highest BCUT2D eigenvalue weighted by Gasteiger charge is 2.42.